The maximum absolute atomic E-state index is 9.79. The largest absolute Gasteiger partial charge is 0.395 e. The van der Waals surface area contributed by atoms with E-state index in [9.17, 15) is 5.11 Å². The number of aryl methyl sites for hydroxylation is 1. The molecule has 3 nitrogen and oxygen atoms in total. The Balaban J connectivity index is 2.82. The van der Waals surface area contributed by atoms with E-state index in [2.05, 4.69) is 31.2 Å². The second kappa shape index (κ2) is 6.51. The summed E-state index contributed by atoms with van der Waals surface area (Å²) in [5.74, 6) is 0. The van der Waals surface area contributed by atoms with Crippen molar-refractivity contribution in [3.63, 3.8) is 0 Å². The van der Waals surface area contributed by atoms with Crippen LogP contribution >= 0.6 is 0 Å². The first-order valence-corrected chi connectivity index (χ1v) is 6.85. The lowest BCUT2D eigenvalue weighted by Crippen LogP contribution is -2.40. The lowest BCUT2D eigenvalue weighted by Gasteiger charge is -2.32. The van der Waals surface area contributed by atoms with Crippen molar-refractivity contribution >= 4 is 0 Å². The lowest BCUT2D eigenvalue weighted by molar-refractivity contribution is -0.0153. The van der Waals surface area contributed by atoms with Gasteiger partial charge in [0.25, 0.3) is 0 Å². The van der Waals surface area contributed by atoms with Crippen LogP contribution < -0.4 is 5.73 Å². The summed E-state index contributed by atoms with van der Waals surface area (Å²) in [7, 11) is 0. The highest BCUT2D eigenvalue weighted by atomic mass is 16.5. The molecule has 0 amide bonds. The van der Waals surface area contributed by atoms with Crippen molar-refractivity contribution in [2.45, 2.75) is 45.1 Å². The molecule has 1 rings (SSSR count). The fraction of sp³-hybridized carbons (Fsp3) is 0.625. The Hall–Kier alpha value is -0.900. The molecule has 19 heavy (non-hydrogen) atoms. The molecule has 0 aromatic heterocycles. The zero-order valence-electron chi connectivity index (χ0n) is 12.6. The number of ether oxygens (including phenoxy) is 1. The topological polar surface area (TPSA) is 55.5 Å². The van der Waals surface area contributed by atoms with Gasteiger partial charge in [-0.25, -0.2) is 0 Å². The van der Waals surface area contributed by atoms with Crippen LogP contribution in [0, 0.1) is 6.92 Å². The van der Waals surface area contributed by atoms with E-state index in [0.29, 0.717) is 13.2 Å². The number of hydrogen-bond acceptors (Lipinski definition) is 3. The molecule has 0 aliphatic rings. The summed E-state index contributed by atoms with van der Waals surface area (Å²) < 4.78 is 5.77. The van der Waals surface area contributed by atoms with Crippen LogP contribution in [0.3, 0.4) is 0 Å². The van der Waals surface area contributed by atoms with E-state index >= 15 is 0 Å². The highest BCUT2D eigenvalue weighted by Gasteiger charge is 2.30. The van der Waals surface area contributed by atoms with Crippen molar-refractivity contribution in [1.82, 2.24) is 0 Å². The quantitative estimate of drug-likeness (QED) is 0.830. The van der Waals surface area contributed by atoms with Gasteiger partial charge in [0.1, 0.15) is 0 Å². The summed E-state index contributed by atoms with van der Waals surface area (Å²) in [4.78, 5) is 0. The molecule has 3 N–H and O–H groups in total. The van der Waals surface area contributed by atoms with E-state index in [1.807, 2.05) is 20.8 Å². The summed E-state index contributed by atoms with van der Waals surface area (Å²) in [6.07, 6.45) is 0.723. The van der Waals surface area contributed by atoms with Crippen LogP contribution in [0.2, 0.25) is 0 Å². The van der Waals surface area contributed by atoms with Crippen LogP contribution in [0.4, 0.5) is 0 Å². The molecule has 0 saturated heterocycles. The molecule has 0 spiro atoms. The summed E-state index contributed by atoms with van der Waals surface area (Å²) in [5.41, 5.74) is 7.65. The Morgan fingerprint density at radius 2 is 1.74 bits per heavy atom. The molecule has 0 fully saturated rings. The van der Waals surface area contributed by atoms with E-state index in [1.54, 1.807) is 0 Å². The van der Waals surface area contributed by atoms with Crippen molar-refractivity contribution < 1.29 is 9.84 Å². The third kappa shape index (κ3) is 4.60. The number of aliphatic hydroxyl groups excluding tert-OH is 1. The minimum absolute atomic E-state index is 0.0417. The van der Waals surface area contributed by atoms with Gasteiger partial charge in [0.05, 0.1) is 12.2 Å². The fourth-order valence-electron chi connectivity index (χ4n) is 2.06. The fourth-order valence-corrected chi connectivity index (χ4v) is 2.06. The first-order valence-electron chi connectivity index (χ1n) is 6.85. The summed E-state index contributed by atoms with van der Waals surface area (Å²) in [6.45, 7) is 9.19. The van der Waals surface area contributed by atoms with Crippen LogP contribution in [-0.2, 0) is 10.2 Å². The molecule has 1 atom stereocenters. The van der Waals surface area contributed by atoms with Crippen LogP contribution in [0.5, 0.6) is 0 Å². The SMILES string of the molecule is Cc1ccc(C(CN)(CO)CCOC(C)(C)C)cc1. The third-order valence-electron chi connectivity index (χ3n) is 3.47. The van der Waals surface area contributed by atoms with Gasteiger partial charge in [0.2, 0.25) is 0 Å². The van der Waals surface area contributed by atoms with Gasteiger partial charge >= 0.3 is 0 Å². The van der Waals surface area contributed by atoms with Crippen molar-refractivity contribution in [2.24, 2.45) is 5.73 Å². The molecule has 0 aliphatic carbocycles. The van der Waals surface area contributed by atoms with Gasteiger partial charge in [0.15, 0.2) is 0 Å². The standard InChI is InChI=1S/C16H27NO2/c1-13-5-7-14(8-6-13)16(11-17,12-18)9-10-19-15(2,3)4/h5-8,18H,9-12,17H2,1-4H3. The average Bonchev–Trinajstić information content (AvgIpc) is 2.35. The van der Waals surface area contributed by atoms with Gasteiger partial charge in [-0.3, -0.25) is 0 Å². The Morgan fingerprint density at radius 1 is 1.16 bits per heavy atom. The second-order valence-corrected chi connectivity index (χ2v) is 6.22. The van der Waals surface area contributed by atoms with Crippen LogP contribution in [0.1, 0.15) is 38.3 Å². The number of aliphatic hydroxyl groups is 1. The zero-order valence-corrected chi connectivity index (χ0v) is 12.6. The Labute approximate surface area is 116 Å². The minimum atomic E-state index is -0.404. The van der Waals surface area contributed by atoms with E-state index in [0.717, 1.165) is 12.0 Å². The average molecular weight is 265 g/mol. The molecule has 0 radical (unpaired) electrons. The first kappa shape index (κ1) is 16.2. The van der Waals surface area contributed by atoms with Crippen molar-refractivity contribution in [2.75, 3.05) is 19.8 Å². The van der Waals surface area contributed by atoms with E-state index in [1.165, 1.54) is 5.56 Å². The van der Waals surface area contributed by atoms with Crippen molar-refractivity contribution in [3.05, 3.63) is 35.4 Å². The second-order valence-electron chi connectivity index (χ2n) is 6.22. The number of rotatable bonds is 6. The molecule has 0 heterocycles. The normalized spacial score (nSPS) is 15.3. The summed E-state index contributed by atoms with van der Waals surface area (Å²) in [5, 5.41) is 9.79. The first-order chi connectivity index (χ1) is 8.83. The molecule has 0 saturated carbocycles. The highest BCUT2D eigenvalue weighted by molar-refractivity contribution is 5.29. The van der Waals surface area contributed by atoms with Gasteiger partial charge in [-0.05, 0) is 39.7 Å². The van der Waals surface area contributed by atoms with Crippen LogP contribution in [0.25, 0.3) is 0 Å². The predicted molar refractivity (Wildman–Crippen MR) is 79.3 cm³/mol. The molecular formula is C16H27NO2. The maximum atomic E-state index is 9.79. The lowest BCUT2D eigenvalue weighted by atomic mass is 9.78. The highest BCUT2D eigenvalue weighted by Crippen LogP contribution is 2.27. The Morgan fingerprint density at radius 3 is 2.16 bits per heavy atom. The van der Waals surface area contributed by atoms with Gasteiger partial charge in [0, 0.05) is 18.6 Å². The third-order valence-corrected chi connectivity index (χ3v) is 3.47. The van der Waals surface area contributed by atoms with E-state index in [-0.39, 0.29) is 12.2 Å². The van der Waals surface area contributed by atoms with Gasteiger partial charge in [-0.15, -0.1) is 0 Å². The molecule has 108 valence electrons. The molecule has 0 aliphatic heterocycles. The van der Waals surface area contributed by atoms with Crippen LogP contribution in [-0.4, -0.2) is 30.5 Å². The van der Waals surface area contributed by atoms with Crippen LogP contribution in [0.15, 0.2) is 24.3 Å². The molecule has 3 heteroatoms. The maximum Gasteiger partial charge on any atom is 0.0598 e. The van der Waals surface area contributed by atoms with Gasteiger partial charge < -0.3 is 15.6 Å². The molecule has 0 bridgehead atoms. The van der Waals surface area contributed by atoms with Gasteiger partial charge in [-0.2, -0.15) is 0 Å². The monoisotopic (exact) mass is 265 g/mol. The molecule has 1 aromatic rings. The van der Waals surface area contributed by atoms with E-state index in [4.69, 9.17) is 10.5 Å². The van der Waals surface area contributed by atoms with Crippen molar-refractivity contribution in [3.8, 4) is 0 Å². The smallest absolute Gasteiger partial charge is 0.0598 e. The molecular weight excluding hydrogens is 238 g/mol. The Kier molecular flexibility index (Phi) is 5.53. The summed E-state index contributed by atoms with van der Waals surface area (Å²) in [6, 6.07) is 8.21. The number of benzene rings is 1. The van der Waals surface area contributed by atoms with Crippen molar-refractivity contribution in [1.29, 1.82) is 0 Å². The number of nitrogens with two attached hydrogens (primary N) is 1. The minimum Gasteiger partial charge on any atom is -0.395 e. The number of hydrogen-bond donors (Lipinski definition) is 2. The molecule has 1 aromatic carbocycles. The van der Waals surface area contributed by atoms with Gasteiger partial charge in [-0.1, -0.05) is 29.8 Å². The Bertz CT molecular complexity index is 375. The summed E-state index contributed by atoms with van der Waals surface area (Å²) >= 11 is 0. The zero-order chi connectivity index (χ0) is 14.5. The van der Waals surface area contributed by atoms with E-state index < -0.39 is 5.41 Å². The molecule has 1 unspecified atom stereocenters. The predicted octanol–water partition coefficient (Wildman–Crippen LogP) is 2.39.